The maximum Gasteiger partial charge on any atom is 0.341 e. The molecule has 1 aromatic heterocycles. The Bertz CT molecular complexity index is 882. The Morgan fingerprint density at radius 3 is 2.21 bits per heavy atom. The summed E-state index contributed by atoms with van der Waals surface area (Å²) in [5.74, 6) is 1.83. The van der Waals surface area contributed by atoms with Crippen molar-refractivity contribution in [2.24, 2.45) is 23.2 Å². The number of thiophene rings is 1. The van der Waals surface area contributed by atoms with Crippen molar-refractivity contribution in [1.29, 1.82) is 0 Å². The summed E-state index contributed by atoms with van der Waals surface area (Å²) in [6, 6.07) is 9.78. The molecule has 4 aliphatic carbocycles. The number of methoxy groups -OCH3 is 1. The maximum absolute atomic E-state index is 13.4. The van der Waals surface area contributed by atoms with Gasteiger partial charge in [-0.05, 0) is 61.8 Å². The minimum absolute atomic E-state index is 0.109. The van der Waals surface area contributed by atoms with Crippen molar-refractivity contribution >= 4 is 28.2 Å². The normalized spacial score (nSPS) is 30.2. The Balaban J connectivity index is 1.46. The number of anilines is 1. The number of ether oxygens (including phenoxy) is 1. The molecule has 2 aromatic rings. The zero-order valence-corrected chi connectivity index (χ0v) is 16.9. The molecule has 28 heavy (non-hydrogen) atoms. The second kappa shape index (κ2) is 6.73. The molecule has 0 unspecified atom stereocenters. The quantitative estimate of drug-likeness (QED) is 0.709. The van der Waals surface area contributed by atoms with Gasteiger partial charge in [0.2, 0.25) is 5.91 Å². The molecule has 4 aliphatic rings. The smallest absolute Gasteiger partial charge is 0.341 e. The zero-order chi connectivity index (χ0) is 19.3. The van der Waals surface area contributed by atoms with E-state index in [1.807, 2.05) is 35.7 Å². The van der Waals surface area contributed by atoms with Crippen LogP contribution < -0.4 is 5.32 Å². The monoisotopic (exact) mass is 395 g/mol. The third-order valence-corrected chi connectivity index (χ3v) is 7.91. The molecule has 4 saturated carbocycles. The molecular weight excluding hydrogens is 370 g/mol. The molecular formula is C23H25NO3S. The molecule has 1 heterocycles. The van der Waals surface area contributed by atoms with E-state index in [0.29, 0.717) is 28.3 Å². The fourth-order valence-electron chi connectivity index (χ4n) is 6.21. The first-order chi connectivity index (χ1) is 13.6. The van der Waals surface area contributed by atoms with Crippen molar-refractivity contribution in [3.05, 3.63) is 41.3 Å². The number of amides is 1. The first-order valence-corrected chi connectivity index (χ1v) is 11.0. The summed E-state index contributed by atoms with van der Waals surface area (Å²) in [4.78, 5) is 26.0. The Morgan fingerprint density at radius 1 is 1.04 bits per heavy atom. The number of carbonyl (C=O) groups is 2. The third-order valence-electron chi connectivity index (χ3n) is 7.01. The minimum Gasteiger partial charge on any atom is -0.465 e. The Hall–Kier alpha value is -2.14. The number of carbonyl (C=O) groups excluding carboxylic acids is 2. The van der Waals surface area contributed by atoms with Crippen molar-refractivity contribution in [1.82, 2.24) is 0 Å². The van der Waals surface area contributed by atoms with Gasteiger partial charge in [-0.1, -0.05) is 30.3 Å². The molecule has 1 N–H and O–H groups in total. The van der Waals surface area contributed by atoms with E-state index in [4.69, 9.17) is 4.74 Å². The van der Waals surface area contributed by atoms with E-state index in [1.165, 1.54) is 37.7 Å². The summed E-state index contributed by atoms with van der Waals surface area (Å²) in [7, 11) is 1.39. The molecule has 0 atom stereocenters. The van der Waals surface area contributed by atoms with E-state index >= 15 is 0 Å². The molecule has 4 bridgehead atoms. The van der Waals surface area contributed by atoms with Gasteiger partial charge < -0.3 is 10.1 Å². The van der Waals surface area contributed by atoms with Gasteiger partial charge in [-0.2, -0.15) is 0 Å². The average Bonchev–Trinajstić information content (AvgIpc) is 3.10. The highest BCUT2D eigenvalue weighted by molar-refractivity contribution is 7.15. The van der Waals surface area contributed by atoms with Crippen molar-refractivity contribution in [3.8, 4) is 11.1 Å². The lowest BCUT2D eigenvalue weighted by molar-refractivity contribution is -0.140. The van der Waals surface area contributed by atoms with E-state index in [2.05, 4.69) is 5.32 Å². The van der Waals surface area contributed by atoms with E-state index in [0.717, 1.165) is 30.4 Å². The number of esters is 1. The highest BCUT2D eigenvalue weighted by Crippen LogP contribution is 2.60. The fourth-order valence-corrected chi connectivity index (χ4v) is 7.16. The van der Waals surface area contributed by atoms with Gasteiger partial charge in [0.1, 0.15) is 10.6 Å². The molecule has 1 amide bonds. The van der Waals surface area contributed by atoms with Crippen LogP contribution in [0.4, 0.5) is 5.00 Å². The van der Waals surface area contributed by atoms with Gasteiger partial charge >= 0.3 is 5.97 Å². The average molecular weight is 396 g/mol. The van der Waals surface area contributed by atoms with Crippen LogP contribution in [-0.4, -0.2) is 19.0 Å². The second-order valence-electron chi connectivity index (χ2n) is 8.86. The van der Waals surface area contributed by atoms with Crippen LogP contribution in [-0.2, 0) is 9.53 Å². The molecule has 0 aliphatic heterocycles. The molecule has 0 spiro atoms. The van der Waals surface area contributed by atoms with Gasteiger partial charge in [0.05, 0.1) is 12.5 Å². The second-order valence-corrected chi connectivity index (χ2v) is 9.74. The minimum atomic E-state index is -0.402. The summed E-state index contributed by atoms with van der Waals surface area (Å²) in [6.07, 6.45) is 6.94. The van der Waals surface area contributed by atoms with E-state index < -0.39 is 5.97 Å². The van der Waals surface area contributed by atoms with Crippen LogP contribution in [0.2, 0.25) is 0 Å². The standard InChI is InChI=1S/C23H25NO3S/c1-27-21(25)19-18(17-5-3-2-4-6-17)13-28-20(19)24-22(26)23-10-14-7-15(11-23)9-16(8-14)12-23/h2-6,13-16H,7-12H2,1H3,(H,24,26). The van der Waals surface area contributed by atoms with E-state index in [9.17, 15) is 9.59 Å². The molecule has 4 nitrogen and oxygen atoms in total. The topological polar surface area (TPSA) is 55.4 Å². The fraction of sp³-hybridized carbons (Fsp3) is 0.478. The van der Waals surface area contributed by atoms with E-state index in [1.54, 1.807) is 0 Å². The summed E-state index contributed by atoms with van der Waals surface area (Å²) in [6.45, 7) is 0. The number of nitrogens with one attached hydrogen (secondary N) is 1. The molecule has 146 valence electrons. The SMILES string of the molecule is COC(=O)c1c(-c2ccccc2)csc1NC(=O)C12CC3CC(CC(C3)C1)C2. The molecule has 4 fully saturated rings. The summed E-state index contributed by atoms with van der Waals surface area (Å²) in [5, 5.41) is 5.71. The van der Waals surface area contributed by atoms with Crippen LogP contribution in [0.15, 0.2) is 35.7 Å². The van der Waals surface area contributed by atoms with E-state index in [-0.39, 0.29) is 11.3 Å². The molecule has 1 aromatic carbocycles. The predicted molar refractivity (Wildman–Crippen MR) is 110 cm³/mol. The molecule has 6 rings (SSSR count). The summed E-state index contributed by atoms with van der Waals surface area (Å²) < 4.78 is 5.04. The van der Waals surface area contributed by atoms with Gasteiger partial charge in [-0.3, -0.25) is 4.79 Å². The first-order valence-electron chi connectivity index (χ1n) is 10.1. The zero-order valence-electron chi connectivity index (χ0n) is 16.1. The number of hydrogen-bond acceptors (Lipinski definition) is 4. The van der Waals surface area contributed by atoms with Crippen molar-refractivity contribution in [2.75, 3.05) is 12.4 Å². The van der Waals surface area contributed by atoms with Gasteiger partial charge in [-0.15, -0.1) is 11.3 Å². The maximum atomic E-state index is 13.4. The van der Waals surface area contributed by atoms with Crippen LogP contribution in [0.25, 0.3) is 11.1 Å². The first kappa shape index (κ1) is 17.9. The highest BCUT2D eigenvalue weighted by Gasteiger charge is 2.54. The van der Waals surface area contributed by atoms with Crippen LogP contribution in [0, 0.1) is 23.2 Å². The van der Waals surface area contributed by atoms with Crippen LogP contribution in [0.1, 0.15) is 48.9 Å². The van der Waals surface area contributed by atoms with Crippen LogP contribution >= 0.6 is 11.3 Å². The predicted octanol–water partition coefficient (Wildman–Crippen LogP) is 5.36. The lowest BCUT2D eigenvalue weighted by Crippen LogP contribution is -2.51. The largest absolute Gasteiger partial charge is 0.465 e. The Morgan fingerprint density at radius 2 is 1.64 bits per heavy atom. The van der Waals surface area contributed by atoms with Crippen molar-refractivity contribution < 1.29 is 14.3 Å². The molecule has 5 heteroatoms. The van der Waals surface area contributed by atoms with Gasteiger partial charge in [-0.25, -0.2) is 4.79 Å². The summed E-state index contributed by atoms with van der Waals surface area (Å²) >= 11 is 1.41. The summed E-state index contributed by atoms with van der Waals surface area (Å²) in [5.41, 5.74) is 2.00. The van der Waals surface area contributed by atoms with Crippen molar-refractivity contribution in [3.63, 3.8) is 0 Å². The number of hydrogen-bond donors (Lipinski definition) is 1. The van der Waals surface area contributed by atoms with Crippen LogP contribution in [0.3, 0.4) is 0 Å². The molecule has 0 saturated heterocycles. The Kier molecular flexibility index (Phi) is 4.31. The molecule has 0 radical (unpaired) electrons. The number of benzene rings is 1. The third kappa shape index (κ3) is 2.87. The van der Waals surface area contributed by atoms with Gasteiger partial charge in [0.15, 0.2) is 0 Å². The van der Waals surface area contributed by atoms with Crippen molar-refractivity contribution in [2.45, 2.75) is 38.5 Å². The Labute approximate surface area is 169 Å². The van der Waals surface area contributed by atoms with Crippen LogP contribution in [0.5, 0.6) is 0 Å². The lowest BCUT2D eigenvalue weighted by atomic mass is 9.49. The number of rotatable bonds is 4. The van der Waals surface area contributed by atoms with Gasteiger partial charge in [0.25, 0.3) is 0 Å². The highest BCUT2D eigenvalue weighted by atomic mass is 32.1. The van der Waals surface area contributed by atoms with Gasteiger partial charge in [0, 0.05) is 10.9 Å². The lowest BCUT2D eigenvalue weighted by Gasteiger charge is -2.55.